The van der Waals surface area contributed by atoms with E-state index in [0.29, 0.717) is 11.9 Å². The van der Waals surface area contributed by atoms with E-state index < -0.39 is 0 Å². The van der Waals surface area contributed by atoms with Crippen molar-refractivity contribution in [1.82, 2.24) is 19.4 Å². The van der Waals surface area contributed by atoms with Crippen molar-refractivity contribution in [2.45, 2.75) is 18.9 Å². The van der Waals surface area contributed by atoms with Crippen LogP contribution in [-0.2, 0) is 0 Å². The second kappa shape index (κ2) is 4.94. The van der Waals surface area contributed by atoms with Gasteiger partial charge >= 0.3 is 0 Å². The van der Waals surface area contributed by atoms with Gasteiger partial charge in [-0.15, -0.1) is 0 Å². The number of methoxy groups -OCH3 is 1. The number of ether oxygens (including phenoxy) is 1. The fourth-order valence-electron chi connectivity index (χ4n) is 2.79. The molecule has 102 valence electrons. The van der Waals surface area contributed by atoms with Gasteiger partial charge in [0.2, 0.25) is 5.88 Å². The molecular formula is C13H18N4OS. The average molecular weight is 278 g/mol. The number of aromatic amines is 1. The summed E-state index contributed by atoms with van der Waals surface area (Å²) >= 11 is 5.46. The van der Waals surface area contributed by atoms with Gasteiger partial charge in [-0.05, 0) is 44.7 Å². The molecule has 0 aromatic carbocycles. The molecule has 1 unspecified atom stereocenters. The highest BCUT2D eigenvalue weighted by Crippen LogP contribution is 2.26. The number of hydrogen-bond acceptors (Lipinski definition) is 4. The molecule has 0 aliphatic carbocycles. The van der Waals surface area contributed by atoms with E-state index in [1.807, 2.05) is 12.1 Å². The lowest BCUT2D eigenvalue weighted by molar-refractivity contribution is 0.213. The third kappa shape index (κ3) is 2.26. The quantitative estimate of drug-likeness (QED) is 0.857. The van der Waals surface area contributed by atoms with Crippen LogP contribution in [0.15, 0.2) is 12.1 Å². The molecule has 1 atom stereocenters. The highest BCUT2D eigenvalue weighted by atomic mass is 32.1. The van der Waals surface area contributed by atoms with Gasteiger partial charge in [0.1, 0.15) is 0 Å². The van der Waals surface area contributed by atoms with Crippen LogP contribution in [0, 0.1) is 4.77 Å². The molecule has 0 spiro atoms. The number of H-pyrrole nitrogens is 1. The van der Waals surface area contributed by atoms with Crippen molar-refractivity contribution in [1.29, 1.82) is 0 Å². The Kier molecular flexibility index (Phi) is 3.28. The summed E-state index contributed by atoms with van der Waals surface area (Å²) in [5.41, 5.74) is 1.86. The van der Waals surface area contributed by atoms with E-state index in [1.54, 1.807) is 7.11 Å². The van der Waals surface area contributed by atoms with Crippen molar-refractivity contribution in [2.75, 3.05) is 27.2 Å². The number of imidazole rings is 1. The minimum absolute atomic E-state index is 0.389. The van der Waals surface area contributed by atoms with E-state index in [9.17, 15) is 0 Å². The van der Waals surface area contributed by atoms with Gasteiger partial charge < -0.3 is 14.6 Å². The number of likely N-dealkylation sites (N-methyl/N-ethyl adjacent to an activating group) is 1. The van der Waals surface area contributed by atoms with Crippen LogP contribution in [0.25, 0.3) is 11.2 Å². The van der Waals surface area contributed by atoms with E-state index in [2.05, 4.69) is 26.5 Å². The zero-order valence-corrected chi connectivity index (χ0v) is 12.0. The lowest BCUT2D eigenvalue weighted by atomic mass is 10.1. The minimum Gasteiger partial charge on any atom is -0.481 e. The molecule has 5 nitrogen and oxygen atoms in total. The van der Waals surface area contributed by atoms with E-state index in [4.69, 9.17) is 17.0 Å². The maximum Gasteiger partial charge on any atom is 0.215 e. The first-order valence-corrected chi connectivity index (χ1v) is 6.93. The van der Waals surface area contributed by atoms with Crippen LogP contribution in [0.5, 0.6) is 5.88 Å². The predicted molar refractivity (Wildman–Crippen MR) is 77.2 cm³/mol. The number of nitrogens with one attached hydrogen (secondary N) is 1. The van der Waals surface area contributed by atoms with Gasteiger partial charge in [-0.25, -0.2) is 0 Å². The first kappa shape index (κ1) is 12.6. The van der Waals surface area contributed by atoms with Crippen LogP contribution in [0.2, 0.25) is 0 Å². The smallest absolute Gasteiger partial charge is 0.215 e. The molecule has 6 heteroatoms. The van der Waals surface area contributed by atoms with Gasteiger partial charge in [0.05, 0.1) is 18.7 Å². The Morgan fingerprint density at radius 2 is 2.32 bits per heavy atom. The fraction of sp³-hybridized carbons (Fsp3) is 0.538. The van der Waals surface area contributed by atoms with Crippen LogP contribution in [0.1, 0.15) is 18.9 Å². The summed E-state index contributed by atoms with van der Waals surface area (Å²) in [5, 5.41) is 0. The minimum atomic E-state index is 0.389. The third-order valence-corrected chi connectivity index (χ3v) is 4.01. The molecule has 1 saturated heterocycles. The van der Waals surface area contributed by atoms with Crippen LogP contribution < -0.4 is 4.74 Å². The lowest BCUT2D eigenvalue weighted by Gasteiger charge is -2.30. The average Bonchev–Trinajstić information content (AvgIpc) is 2.73. The second-order valence-corrected chi connectivity index (χ2v) is 5.47. The Morgan fingerprint density at radius 1 is 1.47 bits per heavy atom. The van der Waals surface area contributed by atoms with Crippen molar-refractivity contribution in [3.8, 4) is 5.88 Å². The van der Waals surface area contributed by atoms with E-state index in [-0.39, 0.29) is 0 Å². The molecule has 1 aliphatic heterocycles. The normalized spacial score (nSPS) is 20.8. The summed E-state index contributed by atoms with van der Waals surface area (Å²) in [6.45, 7) is 2.17. The maximum absolute atomic E-state index is 5.46. The van der Waals surface area contributed by atoms with Gasteiger partial charge in [0, 0.05) is 12.6 Å². The Morgan fingerprint density at radius 3 is 3.05 bits per heavy atom. The topological polar surface area (TPSA) is 46.1 Å². The Hall–Kier alpha value is -1.40. The van der Waals surface area contributed by atoms with E-state index in [0.717, 1.165) is 35.4 Å². The number of rotatable bonds is 2. The number of pyridine rings is 1. The van der Waals surface area contributed by atoms with Gasteiger partial charge in [-0.3, -0.25) is 4.57 Å². The molecular weight excluding hydrogens is 260 g/mol. The maximum atomic E-state index is 5.46. The van der Waals surface area contributed by atoms with Crippen molar-refractivity contribution < 1.29 is 4.74 Å². The Labute approximate surface area is 117 Å². The Balaban J connectivity index is 2.10. The summed E-state index contributed by atoms with van der Waals surface area (Å²) < 4.78 is 8.10. The van der Waals surface area contributed by atoms with Crippen LogP contribution >= 0.6 is 12.2 Å². The van der Waals surface area contributed by atoms with Gasteiger partial charge in [-0.1, -0.05) is 0 Å². The molecule has 0 amide bonds. The molecule has 0 bridgehead atoms. The summed E-state index contributed by atoms with van der Waals surface area (Å²) in [4.78, 5) is 10.1. The van der Waals surface area contributed by atoms with Crippen molar-refractivity contribution in [3.63, 3.8) is 0 Å². The molecule has 1 fully saturated rings. The fourth-order valence-corrected chi connectivity index (χ4v) is 3.13. The second-order valence-electron chi connectivity index (χ2n) is 5.08. The summed E-state index contributed by atoms with van der Waals surface area (Å²) in [7, 11) is 3.78. The largest absolute Gasteiger partial charge is 0.481 e. The SMILES string of the molecule is COc1ccc2[nH]c(=S)n(C3CCCN(C)C3)c2n1. The monoisotopic (exact) mass is 278 g/mol. The molecule has 0 saturated carbocycles. The van der Waals surface area contributed by atoms with Crippen molar-refractivity contribution in [2.24, 2.45) is 0 Å². The van der Waals surface area contributed by atoms with Gasteiger partial charge in [0.15, 0.2) is 10.4 Å². The number of fused-ring (bicyclic) bond motifs is 1. The highest BCUT2D eigenvalue weighted by Gasteiger charge is 2.22. The van der Waals surface area contributed by atoms with E-state index in [1.165, 1.54) is 6.42 Å². The summed E-state index contributed by atoms with van der Waals surface area (Å²) in [6, 6.07) is 4.21. The molecule has 2 aromatic heterocycles. The van der Waals surface area contributed by atoms with Crippen LogP contribution in [-0.4, -0.2) is 46.7 Å². The molecule has 1 aliphatic rings. The molecule has 0 radical (unpaired) electrons. The van der Waals surface area contributed by atoms with Gasteiger partial charge in [-0.2, -0.15) is 4.98 Å². The zero-order chi connectivity index (χ0) is 13.4. The first-order valence-electron chi connectivity index (χ1n) is 6.53. The summed E-state index contributed by atoms with van der Waals surface area (Å²) in [5.74, 6) is 0.624. The van der Waals surface area contributed by atoms with Crippen LogP contribution in [0.3, 0.4) is 0 Å². The standard InChI is InChI=1S/C13H18N4OS/c1-16-7-3-4-9(8-16)17-12-10(14-13(17)19)5-6-11(15-12)18-2/h5-6,9H,3-4,7-8H2,1-2H3,(H,14,19). The molecule has 3 heterocycles. The van der Waals surface area contributed by atoms with E-state index >= 15 is 0 Å². The van der Waals surface area contributed by atoms with Crippen LogP contribution in [0.4, 0.5) is 0 Å². The summed E-state index contributed by atoms with van der Waals surface area (Å²) in [6.07, 6.45) is 2.34. The number of piperidine rings is 1. The predicted octanol–water partition coefficient (Wildman–Crippen LogP) is 2.37. The zero-order valence-electron chi connectivity index (χ0n) is 11.2. The van der Waals surface area contributed by atoms with Crippen molar-refractivity contribution >= 4 is 23.4 Å². The molecule has 2 aromatic rings. The molecule has 1 N–H and O–H groups in total. The number of hydrogen-bond donors (Lipinski definition) is 1. The van der Waals surface area contributed by atoms with Gasteiger partial charge in [0.25, 0.3) is 0 Å². The lowest BCUT2D eigenvalue weighted by Crippen LogP contribution is -2.33. The van der Waals surface area contributed by atoms with Crippen molar-refractivity contribution in [3.05, 3.63) is 16.9 Å². The first-order chi connectivity index (χ1) is 9.19. The Bertz CT molecular complexity index is 648. The molecule has 3 rings (SSSR count). The highest BCUT2D eigenvalue weighted by molar-refractivity contribution is 7.71. The molecule has 19 heavy (non-hydrogen) atoms. The number of nitrogens with zero attached hydrogens (tertiary/aromatic N) is 3. The number of likely N-dealkylation sites (tertiary alicyclic amines) is 1. The third-order valence-electron chi connectivity index (χ3n) is 3.71. The number of aromatic nitrogens is 3.